The summed E-state index contributed by atoms with van der Waals surface area (Å²) in [7, 11) is 0. The molecule has 0 aromatic rings. The molecular weight excluding hydrogens is 194 g/mol. The lowest BCUT2D eigenvalue weighted by atomic mass is 10.4. The second-order valence-corrected chi connectivity index (χ2v) is 5.91. The summed E-state index contributed by atoms with van der Waals surface area (Å²) in [5.74, 6) is 0.921. The van der Waals surface area contributed by atoms with Gasteiger partial charge in [-0.1, -0.05) is 12.8 Å². The van der Waals surface area contributed by atoms with E-state index >= 15 is 0 Å². The number of thioether (sulfide) groups is 1. The van der Waals surface area contributed by atoms with E-state index in [1.165, 1.54) is 38.5 Å². The molecule has 2 rings (SSSR count). The quantitative estimate of drug-likeness (QED) is 0.708. The van der Waals surface area contributed by atoms with Crippen molar-refractivity contribution >= 4 is 11.8 Å². The van der Waals surface area contributed by atoms with Gasteiger partial charge in [0.15, 0.2) is 0 Å². The maximum atomic E-state index is 9.70. The molecule has 0 saturated heterocycles. The number of hydrogen-bond donors (Lipinski definition) is 2. The van der Waals surface area contributed by atoms with Crippen molar-refractivity contribution in [3.05, 3.63) is 0 Å². The van der Waals surface area contributed by atoms with E-state index in [9.17, 15) is 5.11 Å². The third-order valence-corrected chi connectivity index (χ3v) is 4.57. The van der Waals surface area contributed by atoms with Gasteiger partial charge in [0, 0.05) is 23.6 Å². The highest BCUT2D eigenvalue weighted by Crippen LogP contribution is 2.29. The summed E-state index contributed by atoms with van der Waals surface area (Å²) in [6.07, 6.45) is 8.01. The second-order valence-electron chi connectivity index (χ2n) is 4.58. The summed E-state index contributed by atoms with van der Waals surface area (Å²) in [6, 6.07) is 0.723. The van der Waals surface area contributed by atoms with Crippen LogP contribution in [0, 0.1) is 0 Å². The maximum absolute atomic E-state index is 9.70. The van der Waals surface area contributed by atoms with Gasteiger partial charge in [0.25, 0.3) is 0 Å². The van der Waals surface area contributed by atoms with Crippen molar-refractivity contribution in [3.8, 4) is 0 Å². The van der Waals surface area contributed by atoms with E-state index in [1.54, 1.807) is 0 Å². The molecule has 2 nitrogen and oxygen atoms in total. The molecule has 0 heterocycles. The van der Waals surface area contributed by atoms with E-state index in [-0.39, 0.29) is 6.10 Å². The molecule has 0 bridgehead atoms. The SMILES string of the molecule is OC(CNC1CC1)CSC1CCCC1. The van der Waals surface area contributed by atoms with E-state index in [2.05, 4.69) is 5.32 Å². The Labute approximate surface area is 90.8 Å². The summed E-state index contributed by atoms with van der Waals surface area (Å²) < 4.78 is 0. The van der Waals surface area contributed by atoms with Crippen molar-refractivity contribution in [2.45, 2.75) is 55.9 Å². The van der Waals surface area contributed by atoms with Gasteiger partial charge in [-0.25, -0.2) is 0 Å². The number of hydrogen-bond acceptors (Lipinski definition) is 3. The van der Waals surface area contributed by atoms with Crippen LogP contribution in [0.1, 0.15) is 38.5 Å². The fourth-order valence-electron chi connectivity index (χ4n) is 1.95. The molecule has 1 unspecified atom stereocenters. The highest BCUT2D eigenvalue weighted by Gasteiger charge is 2.22. The Morgan fingerprint density at radius 1 is 1.21 bits per heavy atom. The van der Waals surface area contributed by atoms with Crippen molar-refractivity contribution in [2.75, 3.05) is 12.3 Å². The van der Waals surface area contributed by atoms with Gasteiger partial charge in [-0.3, -0.25) is 0 Å². The van der Waals surface area contributed by atoms with Crippen LogP contribution in [-0.4, -0.2) is 34.8 Å². The minimum atomic E-state index is -0.138. The number of aliphatic hydroxyl groups is 1. The molecule has 0 aromatic carbocycles. The molecule has 2 aliphatic rings. The fraction of sp³-hybridized carbons (Fsp3) is 1.00. The van der Waals surface area contributed by atoms with Crippen LogP contribution in [0.2, 0.25) is 0 Å². The average Bonchev–Trinajstić information content (AvgIpc) is 2.87. The number of aliphatic hydroxyl groups excluding tert-OH is 1. The Morgan fingerprint density at radius 2 is 1.93 bits per heavy atom. The largest absolute Gasteiger partial charge is 0.391 e. The molecule has 1 atom stereocenters. The van der Waals surface area contributed by atoms with Gasteiger partial charge >= 0.3 is 0 Å². The fourth-order valence-corrected chi connectivity index (χ4v) is 3.23. The zero-order valence-corrected chi connectivity index (χ0v) is 9.56. The molecule has 0 amide bonds. The molecule has 0 aliphatic heterocycles. The highest BCUT2D eigenvalue weighted by atomic mass is 32.2. The minimum Gasteiger partial charge on any atom is -0.391 e. The van der Waals surface area contributed by atoms with Crippen molar-refractivity contribution in [3.63, 3.8) is 0 Å². The molecule has 82 valence electrons. The van der Waals surface area contributed by atoms with E-state index in [0.717, 1.165) is 23.6 Å². The Balaban J connectivity index is 1.50. The maximum Gasteiger partial charge on any atom is 0.0755 e. The highest BCUT2D eigenvalue weighted by molar-refractivity contribution is 7.99. The van der Waals surface area contributed by atoms with Crippen molar-refractivity contribution < 1.29 is 5.11 Å². The molecule has 2 fully saturated rings. The van der Waals surface area contributed by atoms with Gasteiger partial charge in [-0.05, 0) is 25.7 Å². The molecule has 0 aromatic heterocycles. The first-order valence-electron chi connectivity index (χ1n) is 5.87. The molecule has 14 heavy (non-hydrogen) atoms. The molecular formula is C11H21NOS. The van der Waals surface area contributed by atoms with Gasteiger partial charge < -0.3 is 10.4 Å². The van der Waals surface area contributed by atoms with Crippen LogP contribution < -0.4 is 5.32 Å². The zero-order chi connectivity index (χ0) is 9.80. The molecule has 0 spiro atoms. The summed E-state index contributed by atoms with van der Waals surface area (Å²) >= 11 is 1.97. The first-order chi connectivity index (χ1) is 6.84. The van der Waals surface area contributed by atoms with Crippen molar-refractivity contribution in [1.82, 2.24) is 5.32 Å². The Bertz CT molecular complexity index is 167. The van der Waals surface area contributed by atoms with E-state index < -0.39 is 0 Å². The van der Waals surface area contributed by atoms with Crippen LogP contribution in [0.4, 0.5) is 0 Å². The molecule has 3 heteroatoms. The van der Waals surface area contributed by atoms with Crippen LogP contribution in [0.3, 0.4) is 0 Å². The lowest BCUT2D eigenvalue weighted by molar-refractivity contribution is 0.195. The molecule has 2 aliphatic carbocycles. The number of nitrogens with one attached hydrogen (secondary N) is 1. The van der Waals surface area contributed by atoms with E-state index in [1.807, 2.05) is 11.8 Å². The predicted molar refractivity (Wildman–Crippen MR) is 61.7 cm³/mol. The normalized spacial score (nSPS) is 25.5. The standard InChI is InChI=1S/C11H21NOS/c13-10(7-12-9-5-6-9)8-14-11-3-1-2-4-11/h9-13H,1-8H2. The lowest BCUT2D eigenvalue weighted by Crippen LogP contribution is -2.30. The summed E-state index contributed by atoms with van der Waals surface area (Å²) in [5.41, 5.74) is 0. The Hall–Kier alpha value is 0.270. The first kappa shape index (κ1) is 10.8. The Morgan fingerprint density at radius 3 is 2.57 bits per heavy atom. The van der Waals surface area contributed by atoms with E-state index in [0.29, 0.717) is 0 Å². The number of rotatable bonds is 6. The van der Waals surface area contributed by atoms with Gasteiger partial charge in [0.2, 0.25) is 0 Å². The van der Waals surface area contributed by atoms with Gasteiger partial charge in [-0.2, -0.15) is 11.8 Å². The van der Waals surface area contributed by atoms with Crippen molar-refractivity contribution in [1.29, 1.82) is 0 Å². The lowest BCUT2D eigenvalue weighted by Gasteiger charge is -2.14. The van der Waals surface area contributed by atoms with Crippen LogP contribution in [0.5, 0.6) is 0 Å². The van der Waals surface area contributed by atoms with Crippen LogP contribution >= 0.6 is 11.8 Å². The molecule has 0 radical (unpaired) electrons. The summed E-state index contributed by atoms with van der Waals surface area (Å²) in [4.78, 5) is 0. The van der Waals surface area contributed by atoms with Gasteiger partial charge in [0.05, 0.1) is 6.10 Å². The third-order valence-electron chi connectivity index (χ3n) is 3.05. The van der Waals surface area contributed by atoms with Crippen LogP contribution in [-0.2, 0) is 0 Å². The smallest absolute Gasteiger partial charge is 0.0755 e. The van der Waals surface area contributed by atoms with E-state index in [4.69, 9.17) is 0 Å². The van der Waals surface area contributed by atoms with Gasteiger partial charge in [0.1, 0.15) is 0 Å². The third kappa shape index (κ3) is 3.79. The van der Waals surface area contributed by atoms with Gasteiger partial charge in [-0.15, -0.1) is 0 Å². The molecule has 2 N–H and O–H groups in total. The first-order valence-corrected chi connectivity index (χ1v) is 6.92. The summed E-state index contributed by atoms with van der Waals surface area (Å²) in [6.45, 7) is 0.796. The average molecular weight is 215 g/mol. The Kier molecular flexibility index (Phi) is 4.14. The second kappa shape index (κ2) is 5.38. The monoisotopic (exact) mass is 215 g/mol. The van der Waals surface area contributed by atoms with Crippen LogP contribution in [0.15, 0.2) is 0 Å². The van der Waals surface area contributed by atoms with Crippen molar-refractivity contribution in [2.24, 2.45) is 0 Å². The minimum absolute atomic E-state index is 0.138. The molecule has 2 saturated carbocycles. The summed E-state index contributed by atoms with van der Waals surface area (Å²) in [5, 5.41) is 13.9. The van der Waals surface area contributed by atoms with Crippen LogP contribution in [0.25, 0.3) is 0 Å². The zero-order valence-electron chi connectivity index (χ0n) is 8.74. The topological polar surface area (TPSA) is 32.3 Å². The predicted octanol–water partition coefficient (Wildman–Crippen LogP) is 1.78.